The van der Waals surface area contributed by atoms with Crippen molar-refractivity contribution >= 4 is 28.8 Å². The number of hydrogen-bond acceptors (Lipinski definition) is 3. The summed E-state index contributed by atoms with van der Waals surface area (Å²) in [5.41, 5.74) is 4.73. The zero-order valence-corrected chi connectivity index (χ0v) is 16.1. The molecule has 28 heavy (non-hydrogen) atoms. The molecule has 4 aromatic rings. The summed E-state index contributed by atoms with van der Waals surface area (Å²) < 4.78 is 5.95. The Balaban J connectivity index is 1.45. The number of para-hydroxylation sites is 2. The van der Waals surface area contributed by atoms with Gasteiger partial charge in [-0.15, -0.1) is 0 Å². The number of anilines is 3. The van der Waals surface area contributed by atoms with Gasteiger partial charge in [0.05, 0.1) is 11.4 Å². The van der Waals surface area contributed by atoms with Crippen LogP contribution in [0.4, 0.5) is 17.1 Å². The van der Waals surface area contributed by atoms with E-state index in [-0.39, 0.29) is 0 Å². The van der Waals surface area contributed by atoms with Crippen LogP contribution in [0.15, 0.2) is 113 Å². The zero-order chi connectivity index (χ0) is 18.8. The molecule has 0 aromatic heterocycles. The maximum absolute atomic E-state index is 5.95. The monoisotopic (exact) mass is 381 g/mol. The Morgan fingerprint density at radius 3 is 1.82 bits per heavy atom. The van der Waals surface area contributed by atoms with Crippen LogP contribution in [0.25, 0.3) is 0 Å². The van der Waals surface area contributed by atoms with E-state index in [0.717, 1.165) is 11.4 Å². The lowest BCUT2D eigenvalue weighted by Crippen LogP contribution is -2.14. The lowest BCUT2D eigenvalue weighted by atomic mass is 10.2. The van der Waals surface area contributed by atoms with Gasteiger partial charge in [0.15, 0.2) is 0 Å². The third-order valence-corrected chi connectivity index (χ3v) is 5.91. The molecule has 1 aliphatic heterocycles. The van der Waals surface area contributed by atoms with Gasteiger partial charge in [0.25, 0.3) is 0 Å². The summed E-state index contributed by atoms with van der Waals surface area (Å²) in [4.78, 5) is 4.86. The highest BCUT2D eigenvalue weighted by atomic mass is 32.2. The van der Waals surface area contributed by atoms with Crippen LogP contribution in [0.2, 0.25) is 0 Å². The van der Waals surface area contributed by atoms with E-state index in [1.807, 2.05) is 42.1 Å². The lowest BCUT2D eigenvalue weighted by molar-refractivity contribution is 0.306. The van der Waals surface area contributed by atoms with Gasteiger partial charge in [-0.05, 0) is 54.1 Å². The second kappa shape index (κ2) is 7.45. The Hall–Kier alpha value is -3.17. The van der Waals surface area contributed by atoms with E-state index in [4.69, 9.17) is 4.74 Å². The molecule has 0 aliphatic carbocycles. The summed E-state index contributed by atoms with van der Waals surface area (Å²) in [6.45, 7) is 0.576. The van der Waals surface area contributed by atoms with Crippen LogP contribution in [0.3, 0.4) is 0 Å². The molecule has 0 fully saturated rings. The van der Waals surface area contributed by atoms with Crippen LogP contribution in [-0.2, 0) is 6.61 Å². The van der Waals surface area contributed by atoms with Gasteiger partial charge < -0.3 is 9.64 Å². The van der Waals surface area contributed by atoms with Gasteiger partial charge in [-0.3, -0.25) is 0 Å². The molecule has 136 valence electrons. The van der Waals surface area contributed by atoms with Crippen molar-refractivity contribution in [3.63, 3.8) is 0 Å². The van der Waals surface area contributed by atoms with E-state index in [0.29, 0.717) is 6.61 Å². The summed E-state index contributed by atoms with van der Waals surface area (Å²) in [5.74, 6) is 0.876. The predicted octanol–water partition coefficient (Wildman–Crippen LogP) is 7.20. The first-order chi connectivity index (χ1) is 13.9. The van der Waals surface area contributed by atoms with Crippen LogP contribution >= 0.6 is 11.8 Å². The van der Waals surface area contributed by atoms with Crippen molar-refractivity contribution in [3.8, 4) is 5.75 Å². The molecular weight excluding hydrogens is 362 g/mol. The molecule has 0 atom stereocenters. The molecule has 4 aromatic carbocycles. The number of fused-ring (bicyclic) bond motifs is 2. The van der Waals surface area contributed by atoms with Gasteiger partial charge in [-0.1, -0.05) is 66.4 Å². The fourth-order valence-electron chi connectivity index (χ4n) is 3.42. The lowest BCUT2D eigenvalue weighted by Gasteiger charge is -2.32. The topological polar surface area (TPSA) is 12.5 Å². The SMILES string of the molecule is c1ccc(COc2ccc(N3c4ccccc4Sc4ccccc43)cc2)cc1. The van der Waals surface area contributed by atoms with E-state index >= 15 is 0 Å². The molecule has 0 spiro atoms. The molecule has 0 saturated carbocycles. The largest absolute Gasteiger partial charge is 0.489 e. The molecule has 0 saturated heterocycles. The van der Waals surface area contributed by atoms with Gasteiger partial charge >= 0.3 is 0 Å². The highest BCUT2D eigenvalue weighted by Gasteiger charge is 2.23. The Labute approximate surface area is 169 Å². The fraction of sp³-hybridized carbons (Fsp3) is 0.0400. The molecule has 3 heteroatoms. The number of benzene rings is 4. The number of nitrogens with zero attached hydrogens (tertiary/aromatic N) is 1. The smallest absolute Gasteiger partial charge is 0.119 e. The van der Waals surface area contributed by atoms with Gasteiger partial charge in [-0.2, -0.15) is 0 Å². The van der Waals surface area contributed by atoms with Crippen molar-refractivity contribution in [2.45, 2.75) is 16.4 Å². The maximum Gasteiger partial charge on any atom is 0.119 e. The molecule has 5 rings (SSSR count). The minimum atomic E-state index is 0.576. The van der Waals surface area contributed by atoms with E-state index in [1.165, 1.54) is 26.7 Å². The minimum absolute atomic E-state index is 0.576. The zero-order valence-electron chi connectivity index (χ0n) is 15.3. The van der Waals surface area contributed by atoms with Crippen LogP contribution in [-0.4, -0.2) is 0 Å². The number of hydrogen-bond donors (Lipinski definition) is 0. The molecule has 0 unspecified atom stereocenters. The van der Waals surface area contributed by atoms with E-state index in [1.54, 1.807) is 0 Å². The molecule has 0 N–H and O–H groups in total. The van der Waals surface area contributed by atoms with E-state index in [9.17, 15) is 0 Å². The Bertz CT molecular complexity index is 1050. The average molecular weight is 382 g/mol. The normalized spacial score (nSPS) is 12.2. The molecule has 0 amide bonds. The molecule has 1 aliphatic rings. The summed E-state index contributed by atoms with van der Waals surface area (Å²) in [6, 6.07) is 35.7. The molecule has 1 heterocycles. The van der Waals surface area contributed by atoms with Crippen molar-refractivity contribution in [2.24, 2.45) is 0 Å². The quantitative estimate of drug-likeness (QED) is 0.326. The second-order valence-electron chi connectivity index (χ2n) is 6.64. The Morgan fingerprint density at radius 2 is 1.18 bits per heavy atom. The van der Waals surface area contributed by atoms with Crippen LogP contribution < -0.4 is 9.64 Å². The maximum atomic E-state index is 5.95. The van der Waals surface area contributed by atoms with E-state index in [2.05, 4.69) is 77.7 Å². The Morgan fingerprint density at radius 1 is 0.607 bits per heavy atom. The van der Waals surface area contributed by atoms with Gasteiger partial charge in [0.1, 0.15) is 12.4 Å². The van der Waals surface area contributed by atoms with Crippen LogP contribution in [0, 0.1) is 0 Å². The average Bonchev–Trinajstić information content (AvgIpc) is 2.77. The molecular formula is C25H19NOS. The van der Waals surface area contributed by atoms with Crippen LogP contribution in [0.5, 0.6) is 5.75 Å². The summed E-state index contributed by atoms with van der Waals surface area (Å²) in [7, 11) is 0. The number of rotatable bonds is 4. The molecule has 0 radical (unpaired) electrons. The predicted molar refractivity (Wildman–Crippen MR) is 116 cm³/mol. The summed E-state index contributed by atoms with van der Waals surface area (Å²) in [5, 5.41) is 0. The first-order valence-electron chi connectivity index (χ1n) is 9.31. The van der Waals surface area contributed by atoms with Gasteiger partial charge in [0, 0.05) is 15.5 Å². The first kappa shape index (κ1) is 17.0. The minimum Gasteiger partial charge on any atom is -0.489 e. The summed E-state index contributed by atoms with van der Waals surface area (Å²) in [6.07, 6.45) is 0. The molecule has 0 bridgehead atoms. The van der Waals surface area contributed by atoms with Crippen molar-refractivity contribution in [2.75, 3.05) is 4.90 Å². The van der Waals surface area contributed by atoms with E-state index < -0.39 is 0 Å². The molecule has 2 nitrogen and oxygen atoms in total. The third-order valence-electron chi connectivity index (χ3n) is 4.78. The highest BCUT2D eigenvalue weighted by Crippen LogP contribution is 2.51. The van der Waals surface area contributed by atoms with Gasteiger partial charge in [0.2, 0.25) is 0 Å². The van der Waals surface area contributed by atoms with Crippen LogP contribution in [0.1, 0.15) is 5.56 Å². The van der Waals surface area contributed by atoms with Crippen molar-refractivity contribution in [1.82, 2.24) is 0 Å². The first-order valence-corrected chi connectivity index (χ1v) is 10.1. The number of ether oxygens (including phenoxy) is 1. The Kier molecular flexibility index (Phi) is 4.51. The van der Waals surface area contributed by atoms with Crippen molar-refractivity contribution in [3.05, 3.63) is 109 Å². The highest BCUT2D eigenvalue weighted by molar-refractivity contribution is 7.99. The third kappa shape index (κ3) is 3.25. The van der Waals surface area contributed by atoms with Gasteiger partial charge in [-0.25, -0.2) is 0 Å². The standard InChI is InChI=1S/C25H19NOS/c1-2-8-19(9-3-1)18-27-21-16-14-20(15-17-21)26-22-10-4-6-12-24(22)28-25-13-7-5-11-23(25)26/h1-17H,18H2. The fourth-order valence-corrected chi connectivity index (χ4v) is 4.47. The summed E-state index contributed by atoms with van der Waals surface area (Å²) >= 11 is 1.82. The van der Waals surface area contributed by atoms with Crippen molar-refractivity contribution in [1.29, 1.82) is 0 Å². The van der Waals surface area contributed by atoms with Crippen molar-refractivity contribution < 1.29 is 4.74 Å². The second-order valence-corrected chi connectivity index (χ2v) is 7.72.